The molecule has 146 valence electrons. The van der Waals surface area contributed by atoms with E-state index in [2.05, 4.69) is 5.32 Å². The number of nitrogens with one attached hydrogen (secondary N) is 1. The molecule has 0 bridgehead atoms. The Morgan fingerprint density at radius 3 is 2.56 bits per heavy atom. The van der Waals surface area contributed by atoms with E-state index in [1.165, 1.54) is 23.1 Å². The maximum absolute atomic E-state index is 12.5. The van der Waals surface area contributed by atoms with Gasteiger partial charge in [0, 0.05) is 23.2 Å². The zero-order valence-corrected chi connectivity index (χ0v) is 17.1. The molecule has 0 aliphatic heterocycles. The number of hydrogen-bond acceptors (Lipinski definition) is 7. The second-order valence-corrected chi connectivity index (χ2v) is 7.41. The van der Waals surface area contributed by atoms with Gasteiger partial charge in [-0.25, -0.2) is 4.79 Å². The van der Waals surface area contributed by atoms with E-state index in [0.29, 0.717) is 29.5 Å². The highest BCUT2D eigenvalue weighted by atomic mass is 32.2. The van der Waals surface area contributed by atoms with Gasteiger partial charge in [0.05, 0.1) is 19.0 Å². The zero-order chi connectivity index (χ0) is 19.6. The molecule has 0 fully saturated rings. The lowest BCUT2D eigenvalue weighted by molar-refractivity contribution is -0.113. The Labute approximate surface area is 167 Å². The largest absolute Gasteiger partial charge is 0.494 e. The fourth-order valence-corrected chi connectivity index (χ4v) is 3.92. The molecule has 0 aliphatic carbocycles. The Bertz CT molecular complexity index is 760. The van der Waals surface area contributed by atoms with Crippen molar-refractivity contribution in [3.63, 3.8) is 0 Å². The van der Waals surface area contributed by atoms with Crippen LogP contribution < -0.4 is 15.8 Å². The summed E-state index contributed by atoms with van der Waals surface area (Å²) in [4.78, 5) is 24.7. The van der Waals surface area contributed by atoms with Crippen molar-refractivity contribution >= 4 is 40.0 Å². The molecule has 0 atom stereocenters. The second kappa shape index (κ2) is 11.0. The first-order valence-electron chi connectivity index (χ1n) is 8.70. The third-order valence-corrected chi connectivity index (χ3v) is 5.38. The highest BCUT2D eigenvalue weighted by Crippen LogP contribution is 2.37. The van der Waals surface area contributed by atoms with Crippen molar-refractivity contribution in [2.45, 2.75) is 13.8 Å². The van der Waals surface area contributed by atoms with Crippen LogP contribution in [-0.4, -0.2) is 43.1 Å². The third-order valence-electron chi connectivity index (χ3n) is 3.50. The summed E-state index contributed by atoms with van der Waals surface area (Å²) in [5.41, 5.74) is 7.40. The lowest BCUT2D eigenvalue weighted by Gasteiger charge is -2.09. The molecule has 0 saturated carbocycles. The quantitative estimate of drug-likeness (QED) is 0.461. The normalized spacial score (nSPS) is 10.5. The number of anilines is 1. The van der Waals surface area contributed by atoms with Gasteiger partial charge in [0.25, 0.3) is 0 Å². The fourth-order valence-electron chi connectivity index (χ4n) is 2.38. The van der Waals surface area contributed by atoms with E-state index in [1.54, 1.807) is 6.92 Å². The number of ether oxygens (including phenoxy) is 2. The average Bonchev–Trinajstić information content (AvgIpc) is 3.06. The Kier molecular flexibility index (Phi) is 8.63. The lowest BCUT2D eigenvalue weighted by Crippen LogP contribution is -2.17. The maximum Gasteiger partial charge on any atom is 0.341 e. The molecule has 1 aromatic heterocycles. The first kappa shape index (κ1) is 21.3. The van der Waals surface area contributed by atoms with Gasteiger partial charge >= 0.3 is 5.97 Å². The second-order valence-electron chi connectivity index (χ2n) is 5.42. The Hall–Kier alpha value is -2.03. The van der Waals surface area contributed by atoms with Crippen LogP contribution in [0, 0.1) is 0 Å². The molecule has 2 rings (SSSR count). The van der Waals surface area contributed by atoms with Gasteiger partial charge in [0.1, 0.15) is 16.3 Å². The SMILES string of the molecule is CCOC(=O)c1c(-c2ccc(OCC)cc2)csc1NC(=O)CSCCN. The minimum absolute atomic E-state index is 0.168. The van der Waals surface area contributed by atoms with E-state index < -0.39 is 5.97 Å². The average molecular weight is 409 g/mol. The standard InChI is InChI=1S/C19H24N2O4S2/c1-3-24-14-7-5-13(6-8-14)15-11-27-18(17(15)19(23)25-4-2)21-16(22)12-26-10-9-20/h5-8,11H,3-4,9-10,12,20H2,1-2H3,(H,21,22). The third kappa shape index (κ3) is 5.98. The van der Waals surface area contributed by atoms with Crippen LogP contribution in [0.2, 0.25) is 0 Å². The molecule has 6 nitrogen and oxygen atoms in total. The van der Waals surface area contributed by atoms with Crippen molar-refractivity contribution in [1.82, 2.24) is 0 Å². The fraction of sp³-hybridized carbons (Fsp3) is 0.368. The smallest absolute Gasteiger partial charge is 0.341 e. The summed E-state index contributed by atoms with van der Waals surface area (Å²) in [5, 5.41) is 5.17. The molecular formula is C19H24N2O4S2. The Balaban J connectivity index is 2.27. The van der Waals surface area contributed by atoms with E-state index >= 15 is 0 Å². The number of thioether (sulfide) groups is 1. The van der Waals surface area contributed by atoms with Crippen molar-refractivity contribution in [2.75, 3.05) is 36.6 Å². The zero-order valence-electron chi connectivity index (χ0n) is 15.4. The number of esters is 1. The van der Waals surface area contributed by atoms with Gasteiger partial charge in [0.15, 0.2) is 0 Å². The molecule has 8 heteroatoms. The van der Waals surface area contributed by atoms with Crippen LogP contribution in [-0.2, 0) is 9.53 Å². The van der Waals surface area contributed by atoms with Crippen LogP contribution in [0.5, 0.6) is 5.75 Å². The number of amides is 1. The summed E-state index contributed by atoms with van der Waals surface area (Å²) >= 11 is 2.76. The van der Waals surface area contributed by atoms with Crippen LogP contribution in [0.25, 0.3) is 11.1 Å². The molecule has 0 radical (unpaired) electrons. The molecule has 1 amide bonds. The molecule has 1 aromatic carbocycles. The predicted octanol–water partition coefficient (Wildman–Crippen LogP) is 3.62. The van der Waals surface area contributed by atoms with Gasteiger partial charge in [-0.05, 0) is 31.5 Å². The minimum Gasteiger partial charge on any atom is -0.494 e. The number of carbonyl (C=O) groups is 2. The van der Waals surface area contributed by atoms with E-state index in [0.717, 1.165) is 16.9 Å². The van der Waals surface area contributed by atoms with Crippen molar-refractivity contribution in [2.24, 2.45) is 5.73 Å². The monoisotopic (exact) mass is 408 g/mol. The van der Waals surface area contributed by atoms with Gasteiger partial charge in [-0.15, -0.1) is 11.3 Å². The molecule has 2 aromatic rings. The summed E-state index contributed by atoms with van der Waals surface area (Å²) in [6.45, 7) is 5.04. The van der Waals surface area contributed by atoms with Crippen LogP contribution in [0.4, 0.5) is 5.00 Å². The van der Waals surface area contributed by atoms with Crippen LogP contribution >= 0.6 is 23.1 Å². The highest BCUT2D eigenvalue weighted by Gasteiger charge is 2.22. The number of carbonyl (C=O) groups excluding carboxylic acids is 2. The molecular weight excluding hydrogens is 384 g/mol. The summed E-state index contributed by atoms with van der Waals surface area (Å²) in [7, 11) is 0. The van der Waals surface area contributed by atoms with E-state index in [1.807, 2.05) is 36.6 Å². The van der Waals surface area contributed by atoms with Crippen molar-refractivity contribution in [3.8, 4) is 16.9 Å². The molecule has 0 saturated heterocycles. The first-order chi connectivity index (χ1) is 13.1. The summed E-state index contributed by atoms with van der Waals surface area (Å²) in [6, 6.07) is 7.48. The van der Waals surface area contributed by atoms with Crippen molar-refractivity contribution in [3.05, 3.63) is 35.2 Å². The van der Waals surface area contributed by atoms with Crippen molar-refractivity contribution in [1.29, 1.82) is 0 Å². The topological polar surface area (TPSA) is 90.6 Å². The molecule has 0 unspecified atom stereocenters. The van der Waals surface area contributed by atoms with Gasteiger partial charge < -0.3 is 20.5 Å². The number of nitrogens with two attached hydrogens (primary N) is 1. The lowest BCUT2D eigenvalue weighted by atomic mass is 10.0. The summed E-state index contributed by atoms with van der Waals surface area (Å²) < 4.78 is 10.7. The van der Waals surface area contributed by atoms with Crippen molar-refractivity contribution < 1.29 is 19.1 Å². The van der Waals surface area contributed by atoms with Crippen LogP contribution in [0.15, 0.2) is 29.6 Å². The van der Waals surface area contributed by atoms with Crippen LogP contribution in [0.1, 0.15) is 24.2 Å². The number of hydrogen-bond donors (Lipinski definition) is 2. The Morgan fingerprint density at radius 1 is 1.19 bits per heavy atom. The van der Waals surface area contributed by atoms with Gasteiger partial charge in [-0.1, -0.05) is 12.1 Å². The molecule has 3 N–H and O–H groups in total. The van der Waals surface area contributed by atoms with Crippen LogP contribution in [0.3, 0.4) is 0 Å². The van der Waals surface area contributed by atoms with E-state index in [4.69, 9.17) is 15.2 Å². The minimum atomic E-state index is -0.451. The predicted molar refractivity (Wildman–Crippen MR) is 112 cm³/mol. The van der Waals surface area contributed by atoms with Gasteiger partial charge in [-0.2, -0.15) is 11.8 Å². The number of benzene rings is 1. The Morgan fingerprint density at radius 2 is 1.93 bits per heavy atom. The molecule has 1 heterocycles. The first-order valence-corrected chi connectivity index (χ1v) is 10.7. The van der Waals surface area contributed by atoms with E-state index in [-0.39, 0.29) is 18.3 Å². The van der Waals surface area contributed by atoms with Gasteiger partial charge in [0.2, 0.25) is 5.91 Å². The maximum atomic E-state index is 12.5. The van der Waals surface area contributed by atoms with E-state index in [9.17, 15) is 9.59 Å². The highest BCUT2D eigenvalue weighted by molar-refractivity contribution is 7.99. The number of thiophene rings is 1. The molecule has 0 spiro atoms. The molecule has 0 aliphatic rings. The summed E-state index contributed by atoms with van der Waals surface area (Å²) in [5.74, 6) is 1.14. The van der Waals surface area contributed by atoms with Gasteiger partial charge in [-0.3, -0.25) is 4.79 Å². The molecule has 27 heavy (non-hydrogen) atoms. The number of rotatable bonds is 10. The summed E-state index contributed by atoms with van der Waals surface area (Å²) in [6.07, 6.45) is 0.